The van der Waals surface area contributed by atoms with E-state index in [0.717, 1.165) is 81.6 Å². The van der Waals surface area contributed by atoms with Gasteiger partial charge in [0.05, 0.1) is 48.3 Å². The van der Waals surface area contributed by atoms with Crippen molar-refractivity contribution in [2.24, 2.45) is 5.41 Å². The molecule has 3 aromatic rings. The van der Waals surface area contributed by atoms with Crippen LogP contribution in [0.1, 0.15) is 50.5 Å². The minimum Gasteiger partial charge on any atom is -0.384 e. The first-order valence-corrected chi connectivity index (χ1v) is 13.4. The first-order valence-electron chi connectivity index (χ1n) is 13.0. The number of hydrogen-bond donors (Lipinski definition) is 1. The second kappa shape index (κ2) is 8.12. The summed E-state index contributed by atoms with van der Waals surface area (Å²) in [5.74, 6) is 1.04. The van der Waals surface area contributed by atoms with Crippen LogP contribution in [0.25, 0.3) is 10.9 Å². The van der Waals surface area contributed by atoms with E-state index in [1.807, 2.05) is 6.20 Å². The maximum Gasteiger partial charge on any atom is 0.229 e. The molecular weight excluding hydrogens is 476 g/mol. The number of methoxy groups -OCH3 is 1. The molecule has 8 rings (SSSR count). The highest BCUT2D eigenvalue weighted by atomic mass is 35.5. The number of anilines is 2. The molecule has 2 aliphatic heterocycles. The first-order chi connectivity index (χ1) is 17.4. The van der Waals surface area contributed by atoms with Gasteiger partial charge in [0.2, 0.25) is 5.95 Å². The molecule has 2 saturated heterocycles. The lowest BCUT2D eigenvalue weighted by Crippen LogP contribution is -2.69. The van der Waals surface area contributed by atoms with Gasteiger partial charge in [-0.1, -0.05) is 17.7 Å². The molecule has 0 spiro atoms. The van der Waals surface area contributed by atoms with Crippen LogP contribution in [0.15, 0.2) is 30.6 Å². The summed E-state index contributed by atoms with van der Waals surface area (Å²) in [4.78, 5) is 11.9. The fraction of sp³-hybridized carbons (Fsp3) is 0.593. The van der Waals surface area contributed by atoms with E-state index in [2.05, 4.69) is 56.3 Å². The highest BCUT2D eigenvalue weighted by Crippen LogP contribution is 2.71. The Labute approximate surface area is 216 Å². The van der Waals surface area contributed by atoms with Gasteiger partial charge in [0, 0.05) is 24.1 Å². The molecule has 1 aromatic carbocycles. The number of piperidine rings is 1. The molecule has 2 bridgehead atoms. The van der Waals surface area contributed by atoms with Crippen LogP contribution in [0.3, 0.4) is 0 Å². The maximum absolute atomic E-state index is 6.58. The number of nitrogens with zero attached hydrogens (tertiary/aromatic N) is 5. The lowest BCUT2D eigenvalue weighted by Gasteiger charge is -2.70. The van der Waals surface area contributed by atoms with E-state index in [-0.39, 0.29) is 11.1 Å². The lowest BCUT2D eigenvalue weighted by atomic mass is 9.39. The third-order valence-electron chi connectivity index (χ3n) is 9.12. The lowest BCUT2D eigenvalue weighted by molar-refractivity contribution is -0.217. The average molecular weight is 509 g/mol. The summed E-state index contributed by atoms with van der Waals surface area (Å²) in [5.41, 5.74) is 3.86. The number of fused-ring (bicyclic) bond motifs is 1. The Hall–Kier alpha value is -2.26. The largest absolute Gasteiger partial charge is 0.384 e. The third-order valence-corrected chi connectivity index (χ3v) is 9.41. The van der Waals surface area contributed by atoms with Gasteiger partial charge in [-0.05, 0) is 75.7 Å². The van der Waals surface area contributed by atoms with E-state index in [1.165, 1.54) is 5.56 Å². The molecule has 0 radical (unpaired) electrons. The molecule has 3 aliphatic carbocycles. The average Bonchev–Trinajstić information content (AvgIpc) is 3.26. The smallest absolute Gasteiger partial charge is 0.229 e. The summed E-state index contributed by atoms with van der Waals surface area (Å²) in [6.07, 6.45) is 9.64. The van der Waals surface area contributed by atoms with Crippen molar-refractivity contribution < 1.29 is 9.47 Å². The Morgan fingerprint density at radius 1 is 1.17 bits per heavy atom. The molecular formula is C27H33ClN6O2. The summed E-state index contributed by atoms with van der Waals surface area (Å²) >= 11 is 6.58. The Balaban J connectivity index is 1.06. The fourth-order valence-corrected chi connectivity index (χ4v) is 7.41. The summed E-state index contributed by atoms with van der Waals surface area (Å²) in [5, 5.41) is 9.32. The summed E-state index contributed by atoms with van der Waals surface area (Å²) in [7, 11) is 1.79. The van der Waals surface area contributed by atoms with E-state index in [0.29, 0.717) is 22.4 Å². The van der Waals surface area contributed by atoms with Crippen molar-refractivity contribution in [3.05, 3.63) is 41.3 Å². The van der Waals surface area contributed by atoms with Crippen LogP contribution in [0, 0.1) is 5.41 Å². The van der Waals surface area contributed by atoms with Crippen LogP contribution in [0.5, 0.6) is 0 Å². The van der Waals surface area contributed by atoms with E-state index >= 15 is 0 Å². The van der Waals surface area contributed by atoms with Gasteiger partial charge < -0.3 is 14.8 Å². The van der Waals surface area contributed by atoms with Crippen molar-refractivity contribution in [3.8, 4) is 0 Å². The highest BCUT2D eigenvalue weighted by Gasteiger charge is 2.69. The molecule has 8 nitrogen and oxygen atoms in total. The van der Waals surface area contributed by atoms with Crippen molar-refractivity contribution in [1.29, 1.82) is 0 Å². The first kappa shape index (κ1) is 22.9. The van der Waals surface area contributed by atoms with E-state index in [4.69, 9.17) is 26.1 Å². The minimum absolute atomic E-state index is 0.161. The Morgan fingerprint density at radius 3 is 2.64 bits per heavy atom. The van der Waals surface area contributed by atoms with Gasteiger partial charge in [0.15, 0.2) is 0 Å². The standard InChI is InChI=1S/C27H33ClN6O2/c1-25(15-36-16-25)33-7-5-18(6-8-33)19-3-4-21-22(9-19)31-24(32-23(21)28)30-20-10-29-34(11-20)27-12-26(13-27,14-27)17-35-2/h3-4,9-11,18H,5-8,12-17H2,1-2H3,(H,30,31,32). The van der Waals surface area contributed by atoms with Gasteiger partial charge in [-0.3, -0.25) is 9.58 Å². The Kier molecular flexibility index (Phi) is 5.16. The second-order valence-electron chi connectivity index (χ2n) is 11.9. The minimum atomic E-state index is 0.161. The number of rotatable bonds is 7. The second-order valence-corrected chi connectivity index (χ2v) is 12.2. The van der Waals surface area contributed by atoms with Gasteiger partial charge in [-0.25, -0.2) is 9.97 Å². The Morgan fingerprint density at radius 2 is 1.94 bits per heavy atom. The molecule has 0 unspecified atom stereocenters. The zero-order chi connectivity index (χ0) is 24.5. The fourth-order valence-electron chi connectivity index (χ4n) is 7.17. The van der Waals surface area contributed by atoms with E-state index < -0.39 is 0 Å². The van der Waals surface area contributed by atoms with Crippen LogP contribution < -0.4 is 5.32 Å². The number of benzene rings is 1. The molecule has 5 fully saturated rings. The van der Waals surface area contributed by atoms with Gasteiger partial charge in [0.1, 0.15) is 5.15 Å². The van der Waals surface area contributed by atoms with Crippen LogP contribution in [0.4, 0.5) is 11.6 Å². The third kappa shape index (κ3) is 3.56. The molecule has 190 valence electrons. The zero-order valence-corrected chi connectivity index (χ0v) is 21.7. The number of halogens is 1. The van der Waals surface area contributed by atoms with Crippen molar-refractivity contribution in [3.63, 3.8) is 0 Å². The molecule has 4 heterocycles. The molecule has 0 amide bonds. The van der Waals surface area contributed by atoms with Crippen LogP contribution >= 0.6 is 11.6 Å². The van der Waals surface area contributed by atoms with Crippen LogP contribution in [0.2, 0.25) is 5.15 Å². The van der Waals surface area contributed by atoms with Gasteiger partial charge in [0.25, 0.3) is 0 Å². The normalized spacial score (nSPS) is 29.4. The molecule has 3 saturated carbocycles. The van der Waals surface area contributed by atoms with Crippen molar-refractivity contribution in [2.45, 2.75) is 56.0 Å². The molecule has 0 atom stereocenters. The Bertz CT molecular complexity index is 1290. The molecule has 5 aliphatic rings. The van der Waals surface area contributed by atoms with Crippen molar-refractivity contribution in [1.82, 2.24) is 24.6 Å². The molecule has 9 heteroatoms. The maximum atomic E-state index is 6.58. The van der Waals surface area contributed by atoms with Crippen molar-refractivity contribution >= 4 is 34.1 Å². The van der Waals surface area contributed by atoms with Gasteiger partial charge in [-0.15, -0.1) is 0 Å². The molecule has 36 heavy (non-hydrogen) atoms. The number of likely N-dealkylation sites (tertiary alicyclic amines) is 1. The van der Waals surface area contributed by atoms with Gasteiger partial charge in [-0.2, -0.15) is 5.10 Å². The van der Waals surface area contributed by atoms with Crippen LogP contribution in [-0.4, -0.2) is 70.2 Å². The molecule has 1 N–H and O–H groups in total. The number of hydrogen-bond acceptors (Lipinski definition) is 7. The summed E-state index contributed by atoms with van der Waals surface area (Å²) < 4.78 is 13.0. The number of aromatic nitrogens is 4. The summed E-state index contributed by atoms with van der Waals surface area (Å²) in [6.45, 7) is 7.09. The van der Waals surface area contributed by atoms with E-state index in [1.54, 1.807) is 7.11 Å². The topological polar surface area (TPSA) is 77.3 Å². The predicted molar refractivity (Wildman–Crippen MR) is 139 cm³/mol. The quantitative estimate of drug-likeness (QED) is 0.463. The van der Waals surface area contributed by atoms with Crippen molar-refractivity contribution in [2.75, 3.05) is 45.3 Å². The number of nitrogens with one attached hydrogen (secondary N) is 1. The SMILES string of the molecule is COCC12CC(n3cc(Nc4nc(Cl)c5ccc(C6CCN(C7(C)COC7)CC6)cc5n4)cn3)(C1)C2. The van der Waals surface area contributed by atoms with E-state index in [9.17, 15) is 0 Å². The van der Waals surface area contributed by atoms with Crippen LogP contribution in [-0.2, 0) is 15.0 Å². The molecule has 2 aromatic heterocycles. The predicted octanol–water partition coefficient (Wildman–Crippen LogP) is 4.72. The monoisotopic (exact) mass is 508 g/mol. The zero-order valence-electron chi connectivity index (χ0n) is 21.0. The van der Waals surface area contributed by atoms with Gasteiger partial charge >= 0.3 is 0 Å². The highest BCUT2D eigenvalue weighted by molar-refractivity contribution is 6.34. The number of ether oxygens (including phenoxy) is 2. The summed E-state index contributed by atoms with van der Waals surface area (Å²) in [6, 6.07) is 6.47.